The summed E-state index contributed by atoms with van der Waals surface area (Å²) in [7, 11) is 1.69. The molecular formula is C23H32O2. The Morgan fingerprint density at radius 3 is 1.60 bits per heavy atom. The lowest BCUT2D eigenvalue weighted by atomic mass is 9.81. The molecule has 0 radical (unpaired) electrons. The Balaban J connectivity index is 2.85. The van der Waals surface area contributed by atoms with Gasteiger partial charge in [0.2, 0.25) is 0 Å². The molecule has 136 valence electrons. The summed E-state index contributed by atoms with van der Waals surface area (Å²) in [5.41, 5.74) is 6.26. The summed E-state index contributed by atoms with van der Waals surface area (Å²) >= 11 is 0. The number of methoxy groups -OCH3 is 1. The lowest BCUT2D eigenvalue weighted by molar-refractivity contribution is 0.412. The van der Waals surface area contributed by atoms with Gasteiger partial charge in [-0.05, 0) is 59.1 Å². The second kappa shape index (κ2) is 6.40. The third-order valence-electron chi connectivity index (χ3n) is 4.80. The van der Waals surface area contributed by atoms with Crippen LogP contribution in [0.1, 0.15) is 63.8 Å². The zero-order valence-electron chi connectivity index (χ0n) is 17.2. The Bertz CT molecular complexity index is 787. The number of ether oxygens (including phenoxy) is 1. The normalized spacial score (nSPS) is 12.4. The quantitative estimate of drug-likeness (QED) is 0.697. The van der Waals surface area contributed by atoms with Gasteiger partial charge in [0.25, 0.3) is 0 Å². The molecule has 2 rings (SSSR count). The van der Waals surface area contributed by atoms with E-state index < -0.39 is 0 Å². The van der Waals surface area contributed by atoms with E-state index in [1.165, 1.54) is 11.1 Å². The molecule has 0 aliphatic rings. The number of hydrogen-bond donors (Lipinski definition) is 1. The summed E-state index contributed by atoms with van der Waals surface area (Å²) < 4.78 is 5.71. The highest BCUT2D eigenvalue weighted by atomic mass is 16.5. The largest absolute Gasteiger partial charge is 0.507 e. The third kappa shape index (κ3) is 3.84. The van der Waals surface area contributed by atoms with Gasteiger partial charge in [0.05, 0.1) is 7.11 Å². The first-order valence-corrected chi connectivity index (χ1v) is 8.90. The van der Waals surface area contributed by atoms with Gasteiger partial charge in [-0.1, -0.05) is 53.7 Å². The van der Waals surface area contributed by atoms with Gasteiger partial charge in [0.1, 0.15) is 11.5 Å². The summed E-state index contributed by atoms with van der Waals surface area (Å²) in [6, 6.07) is 8.52. The highest BCUT2D eigenvalue weighted by Crippen LogP contribution is 2.43. The summed E-state index contributed by atoms with van der Waals surface area (Å²) in [5, 5.41) is 10.8. The molecule has 2 heteroatoms. The lowest BCUT2D eigenvalue weighted by Crippen LogP contribution is -2.13. The molecule has 0 amide bonds. The van der Waals surface area contributed by atoms with Crippen LogP contribution in [0.4, 0.5) is 0 Å². The van der Waals surface area contributed by atoms with Crippen molar-refractivity contribution >= 4 is 0 Å². The van der Waals surface area contributed by atoms with Crippen LogP contribution in [0.5, 0.6) is 11.5 Å². The SMILES string of the molecule is COc1c(C)cc(C(C)(C)C)cc1-c1cc(C(C)(C)C)cc(C)c1O. The maximum absolute atomic E-state index is 10.8. The number of aromatic hydroxyl groups is 1. The smallest absolute Gasteiger partial charge is 0.129 e. The summed E-state index contributed by atoms with van der Waals surface area (Å²) in [6.07, 6.45) is 0. The van der Waals surface area contributed by atoms with Gasteiger partial charge in [0, 0.05) is 11.1 Å². The van der Waals surface area contributed by atoms with Crippen LogP contribution in [0.15, 0.2) is 24.3 Å². The van der Waals surface area contributed by atoms with Crippen molar-refractivity contribution in [1.82, 2.24) is 0 Å². The molecule has 25 heavy (non-hydrogen) atoms. The summed E-state index contributed by atoms with van der Waals surface area (Å²) in [4.78, 5) is 0. The minimum absolute atomic E-state index is 0.0110. The van der Waals surface area contributed by atoms with E-state index in [-0.39, 0.29) is 10.8 Å². The van der Waals surface area contributed by atoms with Gasteiger partial charge >= 0.3 is 0 Å². The lowest BCUT2D eigenvalue weighted by Gasteiger charge is -2.25. The van der Waals surface area contributed by atoms with Gasteiger partial charge in [-0.15, -0.1) is 0 Å². The number of phenols is 1. The van der Waals surface area contributed by atoms with Crippen molar-refractivity contribution in [3.05, 3.63) is 46.5 Å². The monoisotopic (exact) mass is 340 g/mol. The van der Waals surface area contributed by atoms with Crippen LogP contribution in [-0.4, -0.2) is 12.2 Å². The van der Waals surface area contributed by atoms with E-state index in [1.807, 2.05) is 6.92 Å². The second-order valence-electron chi connectivity index (χ2n) is 9.06. The maximum Gasteiger partial charge on any atom is 0.129 e. The van der Waals surface area contributed by atoms with Gasteiger partial charge in [-0.25, -0.2) is 0 Å². The average Bonchev–Trinajstić information content (AvgIpc) is 2.47. The van der Waals surface area contributed by atoms with Crippen molar-refractivity contribution in [2.45, 2.75) is 66.2 Å². The van der Waals surface area contributed by atoms with E-state index in [0.717, 1.165) is 28.0 Å². The molecule has 0 aliphatic heterocycles. The average molecular weight is 341 g/mol. The standard InChI is InChI=1S/C23H32O2/c1-14-10-16(22(3,4)5)12-18(20(14)24)19-13-17(23(6,7)8)11-15(2)21(19)25-9/h10-13,24H,1-9H3. The van der Waals surface area contributed by atoms with Crippen molar-refractivity contribution in [3.8, 4) is 22.6 Å². The van der Waals surface area contributed by atoms with E-state index in [2.05, 4.69) is 72.7 Å². The zero-order valence-corrected chi connectivity index (χ0v) is 17.2. The molecule has 0 heterocycles. The molecule has 2 nitrogen and oxygen atoms in total. The van der Waals surface area contributed by atoms with Crippen LogP contribution in [0.3, 0.4) is 0 Å². The molecule has 0 aromatic heterocycles. The van der Waals surface area contributed by atoms with Gasteiger partial charge < -0.3 is 9.84 Å². The van der Waals surface area contributed by atoms with Crippen molar-refractivity contribution in [3.63, 3.8) is 0 Å². The first-order chi connectivity index (χ1) is 11.4. The summed E-state index contributed by atoms with van der Waals surface area (Å²) in [5.74, 6) is 1.16. The van der Waals surface area contributed by atoms with Crippen molar-refractivity contribution in [1.29, 1.82) is 0 Å². The van der Waals surface area contributed by atoms with Crippen LogP contribution in [0.25, 0.3) is 11.1 Å². The van der Waals surface area contributed by atoms with Crippen LogP contribution >= 0.6 is 0 Å². The Morgan fingerprint density at radius 2 is 1.16 bits per heavy atom. The van der Waals surface area contributed by atoms with E-state index in [4.69, 9.17) is 4.74 Å². The third-order valence-corrected chi connectivity index (χ3v) is 4.80. The molecule has 0 bridgehead atoms. The van der Waals surface area contributed by atoms with Crippen molar-refractivity contribution in [2.24, 2.45) is 0 Å². The van der Waals surface area contributed by atoms with Crippen molar-refractivity contribution < 1.29 is 9.84 Å². The fourth-order valence-electron chi connectivity index (χ4n) is 3.10. The first-order valence-electron chi connectivity index (χ1n) is 8.90. The maximum atomic E-state index is 10.8. The fourth-order valence-corrected chi connectivity index (χ4v) is 3.10. The van der Waals surface area contributed by atoms with Crippen LogP contribution in [-0.2, 0) is 10.8 Å². The zero-order chi connectivity index (χ0) is 19.2. The van der Waals surface area contributed by atoms with Crippen LogP contribution in [0, 0.1) is 13.8 Å². The van der Waals surface area contributed by atoms with E-state index >= 15 is 0 Å². The Hall–Kier alpha value is -1.96. The Labute approximate surface area is 152 Å². The Morgan fingerprint density at radius 1 is 0.720 bits per heavy atom. The topological polar surface area (TPSA) is 29.5 Å². The van der Waals surface area contributed by atoms with Crippen LogP contribution in [0.2, 0.25) is 0 Å². The number of phenolic OH excluding ortho intramolecular Hbond substituents is 1. The predicted octanol–water partition coefficient (Wildman–Crippen LogP) is 6.28. The molecule has 0 saturated carbocycles. The van der Waals surface area contributed by atoms with E-state index in [0.29, 0.717) is 5.75 Å². The number of rotatable bonds is 2. The number of hydrogen-bond acceptors (Lipinski definition) is 2. The van der Waals surface area contributed by atoms with Gasteiger partial charge in [-0.2, -0.15) is 0 Å². The molecule has 0 spiro atoms. The molecule has 1 N–H and O–H groups in total. The van der Waals surface area contributed by atoms with Crippen molar-refractivity contribution in [2.75, 3.05) is 7.11 Å². The molecular weight excluding hydrogens is 308 g/mol. The molecule has 2 aromatic rings. The second-order valence-corrected chi connectivity index (χ2v) is 9.06. The van der Waals surface area contributed by atoms with Crippen LogP contribution < -0.4 is 4.74 Å². The molecule has 0 saturated heterocycles. The molecule has 2 aromatic carbocycles. The van der Waals surface area contributed by atoms with Gasteiger partial charge in [0.15, 0.2) is 0 Å². The predicted molar refractivity (Wildman–Crippen MR) is 107 cm³/mol. The number of aryl methyl sites for hydroxylation is 2. The molecule has 0 fully saturated rings. The molecule has 0 aliphatic carbocycles. The minimum Gasteiger partial charge on any atom is -0.507 e. The minimum atomic E-state index is 0.0110. The highest BCUT2D eigenvalue weighted by molar-refractivity contribution is 5.79. The highest BCUT2D eigenvalue weighted by Gasteiger charge is 2.23. The number of benzene rings is 2. The summed E-state index contributed by atoms with van der Waals surface area (Å²) in [6.45, 7) is 17.2. The molecule has 0 atom stereocenters. The first kappa shape index (κ1) is 19.4. The fraction of sp³-hybridized carbons (Fsp3) is 0.478. The molecule has 0 unspecified atom stereocenters. The van der Waals surface area contributed by atoms with E-state index in [9.17, 15) is 5.11 Å². The Kier molecular flexibility index (Phi) is 4.96. The van der Waals surface area contributed by atoms with Gasteiger partial charge in [-0.3, -0.25) is 0 Å². The van der Waals surface area contributed by atoms with E-state index in [1.54, 1.807) is 7.11 Å².